The van der Waals surface area contributed by atoms with E-state index in [0.29, 0.717) is 0 Å². The summed E-state index contributed by atoms with van der Waals surface area (Å²) in [5.74, 6) is 0. The number of nitrogens with zero attached hydrogens (tertiary/aromatic N) is 2. The van der Waals surface area contributed by atoms with Gasteiger partial charge in [0.1, 0.15) is 0 Å². The molecule has 2 rings (SSSR count). The molecular formula is C9H17N2. The lowest BCUT2D eigenvalue weighted by atomic mass is 10.1. The van der Waals surface area contributed by atoms with Crippen LogP contribution in [0.5, 0.6) is 0 Å². The zero-order chi connectivity index (χ0) is 7.68. The van der Waals surface area contributed by atoms with E-state index in [1.54, 1.807) is 0 Å². The molecular weight excluding hydrogens is 136 g/mol. The fourth-order valence-electron chi connectivity index (χ4n) is 2.48. The molecule has 2 bridgehead atoms. The average molecular weight is 153 g/mol. The number of piperidine rings is 1. The highest BCUT2D eigenvalue weighted by atomic mass is 15.5. The van der Waals surface area contributed by atoms with Gasteiger partial charge in [-0.05, 0) is 32.6 Å². The van der Waals surface area contributed by atoms with Gasteiger partial charge in [0.15, 0.2) is 0 Å². The fraction of sp³-hybridized carbons (Fsp3) is 1.00. The monoisotopic (exact) mass is 153 g/mol. The highest BCUT2D eigenvalue weighted by Crippen LogP contribution is 2.33. The van der Waals surface area contributed by atoms with E-state index in [1.165, 1.54) is 32.1 Å². The minimum atomic E-state index is 0.814. The normalized spacial score (nSPS) is 37.9. The summed E-state index contributed by atoms with van der Waals surface area (Å²) in [6.45, 7) is 3.10. The van der Waals surface area contributed by atoms with Crippen LogP contribution in [0.1, 0.15) is 39.0 Å². The Morgan fingerprint density at radius 3 is 2.36 bits per heavy atom. The maximum atomic E-state index is 4.54. The molecule has 2 aliphatic heterocycles. The summed E-state index contributed by atoms with van der Waals surface area (Å²) >= 11 is 0. The second-order valence-corrected chi connectivity index (χ2v) is 3.65. The van der Waals surface area contributed by atoms with Gasteiger partial charge in [-0.15, -0.1) is 0 Å². The number of rotatable bonds is 2. The Morgan fingerprint density at radius 1 is 1.18 bits per heavy atom. The molecule has 2 heterocycles. The molecule has 11 heavy (non-hydrogen) atoms. The minimum absolute atomic E-state index is 0.814. The van der Waals surface area contributed by atoms with Crippen LogP contribution in [0.2, 0.25) is 0 Å². The molecule has 0 aromatic carbocycles. The third kappa shape index (κ3) is 1.30. The summed E-state index contributed by atoms with van der Waals surface area (Å²) in [5, 5.41) is 2.39. The molecule has 0 aliphatic carbocycles. The van der Waals surface area contributed by atoms with Crippen molar-refractivity contribution in [3.05, 3.63) is 0 Å². The average Bonchev–Trinajstić information content (AvgIpc) is 2.30. The van der Waals surface area contributed by atoms with Crippen LogP contribution in [0.15, 0.2) is 0 Å². The van der Waals surface area contributed by atoms with Gasteiger partial charge in [-0.1, -0.05) is 6.42 Å². The van der Waals surface area contributed by atoms with Crippen molar-refractivity contribution in [2.45, 2.75) is 51.1 Å². The van der Waals surface area contributed by atoms with E-state index in [-0.39, 0.29) is 0 Å². The predicted octanol–water partition coefficient (Wildman–Crippen LogP) is 1.54. The molecule has 2 fully saturated rings. The summed E-state index contributed by atoms with van der Waals surface area (Å²) in [5.41, 5.74) is 4.54. The third-order valence-electron chi connectivity index (χ3n) is 2.96. The van der Waals surface area contributed by atoms with Crippen LogP contribution in [0.3, 0.4) is 0 Å². The second-order valence-electron chi connectivity index (χ2n) is 3.65. The summed E-state index contributed by atoms with van der Waals surface area (Å²) in [6, 6.07) is 1.63. The highest BCUT2D eigenvalue weighted by Gasteiger charge is 2.36. The Balaban J connectivity index is 1.97. The Labute approximate surface area is 68.9 Å². The van der Waals surface area contributed by atoms with Crippen molar-refractivity contribution in [1.82, 2.24) is 10.4 Å². The Hall–Kier alpha value is -0.0800. The van der Waals surface area contributed by atoms with Crippen molar-refractivity contribution in [3.63, 3.8) is 0 Å². The van der Waals surface area contributed by atoms with Crippen molar-refractivity contribution in [3.8, 4) is 0 Å². The van der Waals surface area contributed by atoms with Crippen molar-refractivity contribution in [2.75, 3.05) is 6.54 Å². The van der Waals surface area contributed by atoms with E-state index < -0.39 is 0 Å². The standard InChI is InChI=1S/C9H17N2/c1-2-10-11-8-4-3-5-9(11)7-6-8/h8-9H,2-7H2,1H3. The molecule has 2 atom stereocenters. The highest BCUT2D eigenvalue weighted by molar-refractivity contribution is 4.89. The van der Waals surface area contributed by atoms with Crippen LogP contribution in [-0.4, -0.2) is 23.6 Å². The fourth-order valence-corrected chi connectivity index (χ4v) is 2.48. The first kappa shape index (κ1) is 7.56. The van der Waals surface area contributed by atoms with Crippen LogP contribution >= 0.6 is 0 Å². The molecule has 2 unspecified atom stereocenters. The zero-order valence-corrected chi connectivity index (χ0v) is 7.29. The van der Waals surface area contributed by atoms with Crippen molar-refractivity contribution >= 4 is 0 Å². The van der Waals surface area contributed by atoms with Gasteiger partial charge in [0.2, 0.25) is 0 Å². The summed E-state index contributed by atoms with van der Waals surface area (Å²) in [6.07, 6.45) is 7.01. The maximum Gasteiger partial charge on any atom is 0.0278 e. The largest absolute Gasteiger partial charge is 0.221 e. The van der Waals surface area contributed by atoms with Gasteiger partial charge >= 0.3 is 0 Å². The molecule has 2 nitrogen and oxygen atoms in total. The van der Waals surface area contributed by atoms with Crippen LogP contribution in [-0.2, 0) is 0 Å². The third-order valence-corrected chi connectivity index (χ3v) is 2.96. The van der Waals surface area contributed by atoms with E-state index in [1.807, 2.05) is 0 Å². The lowest BCUT2D eigenvalue weighted by Crippen LogP contribution is -2.44. The van der Waals surface area contributed by atoms with Crippen molar-refractivity contribution < 1.29 is 0 Å². The van der Waals surface area contributed by atoms with Crippen LogP contribution in [0.25, 0.3) is 0 Å². The molecule has 63 valence electrons. The van der Waals surface area contributed by atoms with Gasteiger partial charge in [0, 0.05) is 18.6 Å². The van der Waals surface area contributed by atoms with Gasteiger partial charge < -0.3 is 0 Å². The number of fused-ring (bicyclic) bond motifs is 2. The first-order valence-corrected chi connectivity index (χ1v) is 4.87. The van der Waals surface area contributed by atoms with E-state index in [2.05, 4.69) is 17.4 Å². The van der Waals surface area contributed by atoms with E-state index in [0.717, 1.165) is 18.6 Å². The van der Waals surface area contributed by atoms with Crippen LogP contribution in [0.4, 0.5) is 0 Å². The molecule has 0 aromatic rings. The smallest absolute Gasteiger partial charge is 0.0278 e. The first-order chi connectivity index (χ1) is 5.42. The minimum Gasteiger partial charge on any atom is -0.221 e. The molecule has 0 aromatic heterocycles. The van der Waals surface area contributed by atoms with Crippen LogP contribution < -0.4 is 5.43 Å². The molecule has 0 saturated carbocycles. The van der Waals surface area contributed by atoms with E-state index >= 15 is 0 Å². The topological polar surface area (TPSA) is 17.3 Å². The van der Waals surface area contributed by atoms with Gasteiger partial charge in [-0.3, -0.25) is 0 Å². The molecule has 0 amide bonds. The van der Waals surface area contributed by atoms with Gasteiger partial charge in [-0.2, -0.15) is 5.43 Å². The quantitative estimate of drug-likeness (QED) is 0.588. The van der Waals surface area contributed by atoms with Gasteiger partial charge in [-0.25, -0.2) is 5.01 Å². The van der Waals surface area contributed by atoms with Crippen molar-refractivity contribution in [2.24, 2.45) is 0 Å². The predicted molar refractivity (Wildman–Crippen MR) is 45.2 cm³/mol. The molecule has 0 spiro atoms. The maximum absolute atomic E-state index is 4.54. The Bertz CT molecular complexity index is 120. The van der Waals surface area contributed by atoms with E-state index in [4.69, 9.17) is 0 Å². The molecule has 1 radical (unpaired) electrons. The Morgan fingerprint density at radius 2 is 1.82 bits per heavy atom. The van der Waals surface area contributed by atoms with Gasteiger partial charge in [0.25, 0.3) is 0 Å². The second kappa shape index (κ2) is 3.11. The summed E-state index contributed by atoms with van der Waals surface area (Å²) in [7, 11) is 0. The molecule has 2 heteroatoms. The first-order valence-electron chi connectivity index (χ1n) is 4.87. The summed E-state index contributed by atoms with van der Waals surface area (Å²) < 4.78 is 0. The van der Waals surface area contributed by atoms with Crippen molar-refractivity contribution in [1.29, 1.82) is 0 Å². The van der Waals surface area contributed by atoms with E-state index in [9.17, 15) is 0 Å². The zero-order valence-electron chi connectivity index (χ0n) is 7.29. The summed E-state index contributed by atoms with van der Waals surface area (Å²) in [4.78, 5) is 0. The molecule has 2 saturated heterocycles. The SMILES string of the molecule is CC[N]N1C2CCCC1CC2. The number of hydrogen-bond acceptors (Lipinski definition) is 1. The molecule has 2 aliphatic rings. The lowest BCUT2D eigenvalue weighted by molar-refractivity contribution is 0.0750. The number of hydrogen-bond donors (Lipinski definition) is 0. The van der Waals surface area contributed by atoms with Crippen LogP contribution in [0, 0.1) is 0 Å². The molecule has 0 N–H and O–H groups in total. The Kier molecular flexibility index (Phi) is 2.14. The van der Waals surface area contributed by atoms with Gasteiger partial charge in [0.05, 0.1) is 0 Å². The lowest BCUT2D eigenvalue weighted by Gasteiger charge is -2.32.